The molecule has 0 rings (SSSR count). The second-order valence-electron chi connectivity index (χ2n) is 16.0. The quantitative estimate of drug-likeness (QED) is 0.0279. The molecule has 0 spiro atoms. The lowest BCUT2D eigenvalue weighted by atomic mass is 9.99. The van der Waals surface area contributed by atoms with Crippen molar-refractivity contribution in [2.45, 2.75) is 238 Å². The third-order valence-corrected chi connectivity index (χ3v) is 10.5. The van der Waals surface area contributed by atoms with Crippen LogP contribution in [0.2, 0.25) is 0 Å². The molecule has 2 unspecified atom stereocenters. The third-order valence-electron chi connectivity index (χ3n) is 10.5. The highest BCUT2D eigenvalue weighted by Crippen LogP contribution is 2.17. The number of ether oxygens (including phenoxy) is 2. The van der Waals surface area contributed by atoms with E-state index in [1.54, 1.807) is 6.08 Å². The maximum Gasteiger partial charge on any atom is 0.305 e. The van der Waals surface area contributed by atoms with E-state index in [9.17, 15) is 19.8 Å². The van der Waals surface area contributed by atoms with Crippen molar-refractivity contribution in [2.75, 3.05) is 13.2 Å². The number of hydrogen-bond acceptors (Lipinski definition) is 6. The number of carbonyl (C=O) groups excluding carboxylic acids is 2. The molecule has 2 N–H and O–H groups in total. The van der Waals surface area contributed by atoms with Crippen LogP contribution in [0.3, 0.4) is 0 Å². The first-order chi connectivity index (χ1) is 26.4. The summed E-state index contributed by atoms with van der Waals surface area (Å²) in [7, 11) is 0. The van der Waals surface area contributed by atoms with Crippen molar-refractivity contribution in [1.82, 2.24) is 0 Å². The zero-order valence-corrected chi connectivity index (χ0v) is 35.8. The van der Waals surface area contributed by atoms with Crippen LogP contribution in [-0.2, 0) is 19.1 Å². The summed E-state index contributed by atoms with van der Waals surface area (Å²) in [5.74, 6) is 0.162. The molecule has 0 saturated carbocycles. The van der Waals surface area contributed by atoms with Crippen LogP contribution >= 0.6 is 0 Å². The van der Waals surface area contributed by atoms with Gasteiger partial charge >= 0.3 is 11.9 Å². The first-order valence-corrected chi connectivity index (χ1v) is 23.0. The van der Waals surface area contributed by atoms with E-state index < -0.39 is 18.2 Å². The molecule has 6 nitrogen and oxygen atoms in total. The fourth-order valence-electron chi connectivity index (χ4n) is 6.60. The summed E-state index contributed by atoms with van der Waals surface area (Å²) in [6.07, 6.45) is 48.1. The van der Waals surface area contributed by atoms with E-state index in [2.05, 4.69) is 39.0 Å². The number of aliphatic hydroxyl groups excluding tert-OH is 2. The summed E-state index contributed by atoms with van der Waals surface area (Å²) in [5.41, 5.74) is 0. The summed E-state index contributed by atoms with van der Waals surface area (Å²) >= 11 is 0. The molecule has 0 amide bonds. The smallest absolute Gasteiger partial charge is 0.305 e. The fraction of sp³-hybridized carbons (Fsp3) is 0.833. The summed E-state index contributed by atoms with van der Waals surface area (Å²) in [6.45, 7) is 6.55. The predicted octanol–water partition coefficient (Wildman–Crippen LogP) is 13.6. The standard InChI is InChI=1S/C48H88O6/c1-4-6-7-8-9-10-11-18-22-25-28-31-34-38-45(49)39-36-41-48(52)54-43-46(50)42-53-47(51)40-35-32-29-26-23-20-17-15-13-12-14-16-19-21-24-27-30-33-37-44(3)5-2/h18,22,28,31,34,38,44-46,49-50H,4-17,19-21,23-27,29-30,32-33,35-37,39-43H2,1-3H3/b22-18+,31-28+,38-34+/t44?,45?,46-/m1/s1. The first-order valence-electron chi connectivity index (χ1n) is 23.0. The Kier molecular flexibility index (Phi) is 40.7. The molecule has 0 radical (unpaired) electrons. The predicted molar refractivity (Wildman–Crippen MR) is 230 cm³/mol. The van der Waals surface area contributed by atoms with E-state index in [1.165, 1.54) is 148 Å². The summed E-state index contributed by atoms with van der Waals surface area (Å²) < 4.78 is 10.3. The second-order valence-corrected chi connectivity index (χ2v) is 16.0. The molecular formula is C48H88O6. The van der Waals surface area contributed by atoms with Crippen LogP contribution in [0.4, 0.5) is 0 Å². The fourth-order valence-corrected chi connectivity index (χ4v) is 6.60. The van der Waals surface area contributed by atoms with Gasteiger partial charge in [0, 0.05) is 12.8 Å². The van der Waals surface area contributed by atoms with Crippen LogP contribution in [0.25, 0.3) is 0 Å². The summed E-state index contributed by atoms with van der Waals surface area (Å²) in [6, 6.07) is 0. The lowest BCUT2D eigenvalue weighted by Crippen LogP contribution is -2.25. The molecule has 3 atom stereocenters. The Bertz CT molecular complexity index is 896. The molecule has 0 heterocycles. The van der Waals surface area contributed by atoms with Crippen LogP contribution < -0.4 is 0 Å². The first kappa shape index (κ1) is 52.1. The largest absolute Gasteiger partial charge is 0.463 e. The van der Waals surface area contributed by atoms with Crippen molar-refractivity contribution in [3.8, 4) is 0 Å². The number of hydrogen-bond donors (Lipinski definition) is 2. The van der Waals surface area contributed by atoms with Gasteiger partial charge in [0.2, 0.25) is 0 Å². The lowest BCUT2D eigenvalue weighted by molar-refractivity contribution is -0.152. The highest BCUT2D eigenvalue weighted by molar-refractivity contribution is 5.69. The molecule has 0 saturated heterocycles. The molecule has 0 aliphatic carbocycles. The molecule has 6 heteroatoms. The van der Waals surface area contributed by atoms with E-state index in [4.69, 9.17) is 9.47 Å². The number of rotatable bonds is 41. The van der Waals surface area contributed by atoms with Gasteiger partial charge in [-0.1, -0.05) is 211 Å². The summed E-state index contributed by atoms with van der Waals surface area (Å²) in [4.78, 5) is 24.0. The zero-order chi connectivity index (χ0) is 39.6. The van der Waals surface area contributed by atoms with Gasteiger partial charge in [-0.2, -0.15) is 0 Å². The molecule has 54 heavy (non-hydrogen) atoms. The van der Waals surface area contributed by atoms with Gasteiger partial charge in [-0.05, 0) is 44.4 Å². The monoisotopic (exact) mass is 761 g/mol. The topological polar surface area (TPSA) is 93.1 Å². The highest BCUT2D eigenvalue weighted by atomic mass is 16.6. The minimum atomic E-state index is -1.03. The van der Waals surface area contributed by atoms with Crippen LogP contribution in [0.15, 0.2) is 36.5 Å². The van der Waals surface area contributed by atoms with Crippen molar-refractivity contribution in [2.24, 2.45) is 5.92 Å². The molecule has 0 aromatic carbocycles. The second kappa shape index (κ2) is 42.2. The van der Waals surface area contributed by atoms with Crippen molar-refractivity contribution in [3.63, 3.8) is 0 Å². The molecule has 316 valence electrons. The molecule has 0 aromatic heterocycles. The Morgan fingerprint density at radius 1 is 0.519 bits per heavy atom. The molecule has 0 aliphatic rings. The van der Waals surface area contributed by atoms with Gasteiger partial charge in [0.15, 0.2) is 0 Å². The number of esters is 2. The van der Waals surface area contributed by atoms with E-state index in [-0.39, 0.29) is 25.6 Å². The summed E-state index contributed by atoms with van der Waals surface area (Å²) in [5, 5.41) is 20.2. The maximum atomic E-state index is 12.0. The van der Waals surface area contributed by atoms with Gasteiger partial charge in [0.25, 0.3) is 0 Å². The van der Waals surface area contributed by atoms with Gasteiger partial charge in [0.1, 0.15) is 19.3 Å². The van der Waals surface area contributed by atoms with E-state index in [0.717, 1.165) is 38.0 Å². The van der Waals surface area contributed by atoms with E-state index >= 15 is 0 Å². The van der Waals surface area contributed by atoms with Gasteiger partial charge in [-0.25, -0.2) is 0 Å². The minimum Gasteiger partial charge on any atom is -0.463 e. The van der Waals surface area contributed by atoms with Crippen LogP contribution in [0.5, 0.6) is 0 Å². The molecule has 0 fully saturated rings. The van der Waals surface area contributed by atoms with Crippen molar-refractivity contribution in [1.29, 1.82) is 0 Å². The Morgan fingerprint density at radius 3 is 1.50 bits per heavy atom. The average Bonchev–Trinajstić information content (AvgIpc) is 3.17. The van der Waals surface area contributed by atoms with Crippen LogP contribution in [-0.4, -0.2) is 47.6 Å². The molecule has 0 aromatic rings. The normalized spacial score (nSPS) is 13.6. The Balaban J connectivity index is 3.53. The van der Waals surface area contributed by atoms with Crippen molar-refractivity contribution in [3.05, 3.63) is 36.5 Å². The van der Waals surface area contributed by atoms with Gasteiger partial charge in [-0.3, -0.25) is 9.59 Å². The molecular weight excluding hydrogens is 673 g/mol. The number of allylic oxidation sites excluding steroid dienone is 5. The SMILES string of the molecule is CCCCCCCC/C=C/C/C=C/C=C/C(O)CCCC(=O)OC[C@H](O)COC(=O)CCCCCCCCCCCCCCCCCCCCC(C)CC. The Morgan fingerprint density at radius 2 is 0.981 bits per heavy atom. The maximum absolute atomic E-state index is 12.0. The minimum absolute atomic E-state index is 0.162. The number of carbonyl (C=O) groups is 2. The van der Waals surface area contributed by atoms with E-state index in [1.807, 2.05) is 12.2 Å². The lowest BCUT2D eigenvalue weighted by Gasteiger charge is -2.12. The zero-order valence-electron chi connectivity index (χ0n) is 35.8. The van der Waals surface area contributed by atoms with Crippen molar-refractivity contribution < 1.29 is 29.3 Å². The van der Waals surface area contributed by atoms with E-state index in [0.29, 0.717) is 19.3 Å². The van der Waals surface area contributed by atoms with Gasteiger partial charge in [-0.15, -0.1) is 0 Å². The third kappa shape index (κ3) is 41.2. The van der Waals surface area contributed by atoms with Crippen molar-refractivity contribution >= 4 is 11.9 Å². The highest BCUT2D eigenvalue weighted by Gasteiger charge is 2.12. The number of aliphatic hydroxyl groups is 2. The molecule has 0 bridgehead atoms. The average molecular weight is 761 g/mol. The van der Waals surface area contributed by atoms with Gasteiger partial charge < -0.3 is 19.7 Å². The van der Waals surface area contributed by atoms with Crippen LogP contribution in [0.1, 0.15) is 226 Å². The van der Waals surface area contributed by atoms with Crippen LogP contribution in [0, 0.1) is 5.92 Å². The Labute approximate surface area is 334 Å². The van der Waals surface area contributed by atoms with Gasteiger partial charge in [0.05, 0.1) is 6.10 Å². The molecule has 0 aliphatic heterocycles. The number of unbranched alkanes of at least 4 members (excludes halogenated alkanes) is 23. The Hall–Kier alpha value is -1.92.